The Labute approximate surface area is 108 Å². The van der Waals surface area contributed by atoms with Crippen LogP contribution in [0.5, 0.6) is 0 Å². The van der Waals surface area contributed by atoms with E-state index in [1.54, 1.807) is 4.90 Å². The molecule has 0 spiro atoms. The Bertz CT molecular complexity index is 437. The molecule has 0 N–H and O–H groups in total. The van der Waals surface area contributed by atoms with Gasteiger partial charge in [0.1, 0.15) is 5.78 Å². The van der Waals surface area contributed by atoms with Crippen molar-refractivity contribution in [3.8, 4) is 0 Å². The Morgan fingerprint density at radius 1 is 1.17 bits per heavy atom. The fourth-order valence-electron chi connectivity index (χ4n) is 1.69. The zero-order valence-corrected chi connectivity index (χ0v) is 11.0. The van der Waals surface area contributed by atoms with Crippen molar-refractivity contribution in [2.24, 2.45) is 0 Å². The molecule has 1 rings (SSSR count). The van der Waals surface area contributed by atoms with Gasteiger partial charge in [0.25, 0.3) is 0 Å². The molecule has 0 radical (unpaired) electrons. The summed E-state index contributed by atoms with van der Waals surface area (Å²) in [5.41, 5.74) is 1.96. The van der Waals surface area contributed by atoms with Crippen molar-refractivity contribution in [1.82, 2.24) is 4.90 Å². The lowest BCUT2D eigenvalue weighted by molar-refractivity contribution is -0.135. The summed E-state index contributed by atoms with van der Waals surface area (Å²) >= 11 is 0. The largest absolute Gasteiger partial charge is 0.334 e. The van der Waals surface area contributed by atoms with E-state index in [0.717, 1.165) is 11.1 Å². The molecule has 3 nitrogen and oxygen atoms in total. The van der Waals surface area contributed by atoms with Crippen LogP contribution in [-0.2, 0) is 16.1 Å². The summed E-state index contributed by atoms with van der Waals surface area (Å²) in [7, 11) is 0. The fourth-order valence-corrected chi connectivity index (χ4v) is 1.69. The summed E-state index contributed by atoms with van der Waals surface area (Å²) in [5, 5.41) is 0. The third-order valence-electron chi connectivity index (χ3n) is 2.43. The number of amides is 1. The van der Waals surface area contributed by atoms with Gasteiger partial charge in [0.05, 0.1) is 6.42 Å². The average molecular weight is 245 g/mol. The molecule has 1 amide bonds. The highest BCUT2D eigenvalue weighted by molar-refractivity contribution is 5.96. The van der Waals surface area contributed by atoms with Crippen molar-refractivity contribution in [2.45, 2.75) is 26.8 Å². The first-order chi connectivity index (χ1) is 8.49. The minimum absolute atomic E-state index is 0.0416. The second-order valence-corrected chi connectivity index (χ2v) is 4.57. The summed E-state index contributed by atoms with van der Waals surface area (Å²) in [5.74, 6) is -0.255. The minimum atomic E-state index is -0.144. The predicted molar refractivity (Wildman–Crippen MR) is 72.0 cm³/mol. The maximum atomic E-state index is 12.0. The Hall–Kier alpha value is -1.90. The molecule has 1 aromatic carbocycles. The van der Waals surface area contributed by atoms with E-state index in [4.69, 9.17) is 0 Å². The van der Waals surface area contributed by atoms with Crippen LogP contribution < -0.4 is 0 Å². The van der Waals surface area contributed by atoms with Crippen LogP contribution in [0.15, 0.2) is 42.5 Å². The van der Waals surface area contributed by atoms with Crippen molar-refractivity contribution < 1.29 is 9.59 Å². The van der Waals surface area contributed by atoms with Crippen molar-refractivity contribution in [3.05, 3.63) is 48.0 Å². The molecule has 0 aliphatic carbocycles. The molecule has 0 saturated heterocycles. The molecular weight excluding hydrogens is 226 g/mol. The zero-order chi connectivity index (χ0) is 13.5. The molecule has 0 aliphatic heterocycles. The van der Waals surface area contributed by atoms with Crippen LogP contribution in [0, 0.1) is 0 Å². The minimum Gasteiger partial charge on any atom is -0.334 e. The number of nitrogens with zero attached hydrogens (tertiary/aromatic N) is 1. The van der Waals surface area contributed by atoms with E-state index in [0.29, 0.717) is 13.1 Å². The van der Waals surface area contributed by atoms with Crippen LogP contribution in [0.1, 0.15) is 25.8 Å². The number of ketones is 1. The highest BCUT2D eigenvalue weighted by Gasteiger charge is 2.15. The first kappa shape index (κ1) is 14.2. The molecule has 0 aromatic heterocycles. The average Bonchev–Trinajstić information content (AvgIpc) is 2.28. The van der Waals surface area contributed by atoms with Gasteiger partial charge in [0.2, 0.25) is 5.91 Å². The molecule has 0 atom stereocenters. The normalized spacial score (nSPS) is 9.89. The molecule has 0 fully saturated rings. The van der Waals surface area contributed by atoms with Crippen molar-refractivity contribution >= 4 is 11.7 Å². The fraction of sp³-hybridized carbons (Fsp3) is 0.333. The van der Waals surface area contributed by atoms with Gasteiger partial charge in [-0.05, 0) is 19.4 Å². The number of carbonyl (C=O) groups excluding carboxylic acids is 2. The summed E-state index contributed by atoms with van der Waals surface area (Å²) < 4.78 is 0. The van der Waals surface area contributed by atoms with Gasteiger partial charge in [0.15, 0.2) is 0 Å². The lowest BCUT2D eigenvalue weighted by atomic mass is 10.2. The molecule has 18 heavy (non-hydrogen) atoms. The summed E-state index contributed by atoms with van der Waals surface area (Å²) in [4.78, 5) is 24.7. The van der Waals surface area contributed by atoms with E-state index in [9.17, 15) is 9.59 Å². The molecule has 0 heterocycles. The number of hydrogen-bond acceptors (Lipinski definition) is 2. The Morgan fingerprint density at radius 3 is 2.28 bits per heavy atom. The lowest BCUT2D eigenvalue weighted by Gasteiger charge is -2.22. The molecule has 1 aromatic rings. The maximum Gasteiger partial charge on any atom is 0.230 e. The van der Waals surface area contributed by atoms with Crippen LogP contribution in [-0.4, -0.2) is 23.1 Å². The molecule has 0 bridgehead atoms. The number of rotatable bonds is 6. The third-order valence-corrected chi connectivity index (χ3v) is 2.43. The van der Waals surface area contributed by atoms with Gasteiger partial charge >= 0.3 is 0 Å². The Morgan fingerprint density at radius 2 is 1.78 bits per heavy atom. The number of carbonyl (C=O) groups is 2. The van der Waals surface area contributed by atoms with Gasteiger partial charge in [0, 0.05) is 13.1 Å². The monoisotopic (exact) mass is 245 g/mol. The van der Waals surface area contributed by atoms with E-state index in [-0.39, 0.29) is 18.1 Å². The lowest BCUT2D eigenvalue weighted by Crippen LogP contribution is -2.32. The van der Waals surface area contributed by atoms with Crippen LogP contribution in [0.4, 0.5) is 0 Å². The van der Waals surface area contributed by atoms with E-state index < -0.39 is 0 Å². The quantitative estimate of drug-likeness (QED) is 0.570. The summed E-state index contributed by atoms with van der Waals surface area (Å²) in [6.45, 7) is 8.12. The highest BCUT2D eigenvalue weighted by atomic mass is 16.2. The van der Waals surface area contributed by atoms with Gasteiger partial charge in [-0.2, -0.15) is 0 Å². The molecular formula is C15H19NO2. The van der Waals surface area contributed by atoms with Crippen LogP contribution in [0.3, 0.4) is 0 Å². The van der Waals surface area contributed by atoms with Gasteiger partial charge in [-0.15, -0.1) is 0 Å². The first-order valence-electron chi connectivity index (χ1n) is 5.94. The maximum absolute atomic E-state index is 12.0. The van der Waals surface area contributed by atoms with Crippen LogP contribution >= 0.6 is 0 Å². The molecule has 0 saturated carbocycles. The van der Waals surface area contributed by atoms with E-state index in [1.165, 1.54) is 6.92 Å². The Kier molecular flexibility index (Phi) is 5.31. The highest BCUT2D eigenvalue weighted by Crippen LogP contribution is 2.08. The van der Waals surface area contributed by atoms with E-state index >= 15 is 0 Å². The van der Waals surface area contributed by atoms with Gasteiger partial charge in [-0.25, -0.2) is 0 Å². The van der Waals surface area contributed by atoms with Crippen molar-refractivity contribution in [3.63, 3.8) is 0 Å². The number of benzene rings is 1. The number of Topliss-reactive ketones (excluding diaryl/α,β-unsaturated/α-hetero) is 1. The topological polar surface area (TPSA) is 37.4 Å². The molecule has 96 valence electrons. The third kappa shape index (κ3) is 4.95. The smallest absolute Gasteiger partial charge is 0.230 e. The predicted octanol–water partition coefficient (Wildman–Crippen LogP) is 2.57. The van der Waals surface area contributed by atoms with E-state index in [1.807, 2.05) is 37.3 Å². The summed E-state index contributed by atoms with van der Waals surface area (Å²) in [6, 6.07) is 9.73. The second kappa shape index (κ2) is 6.74. The van der Waals surface area contributed by atoms with Crippen molar-refractivity contribution in [1.29, 1.82) is 0 Å². The molecule has 3 heteroatoms. The van der Waals surface area contributed by atoms with Crippen LogP contribution in [0.25, 0.3) is 0 Å². The van der Waals surface area contributed by atoms with Gasteiger partial charge in [-0.1, -0.05) is 42.5 Å². The molecule has 0 aliphatic rings. The SMILES string of the molecule is C=C(C)CN(Cc1ccccc1)C(=O)CC(C)=O. The second-order valence-electron chi connectivity index (χ2n) is 4.57. The first-order valence-corrected chi connectivity index (χ1v) is 5.94. The van der Waals surface area contributed by atoms with Gasteiger partial charge < -0.3 is 4.90 Å². The van der Waals surface area contributed by atoms with Crippen LogP contribution in [0.2, 0.25) is 0 Å². The standard InChI is InChI=1S/C15H19NO2/c1-12(2)10-16(15(18)9-13(3)17)11-14-7-5-4-6-8-14/h4-8H,1,9-11H2,2-3H3. The Balaban J connectivity index is 2.75. The van der Waals surface area contributed by atoms with Gasteiger partial charge in [-0.3, -0.25) is 9.59 Å². The molecule has 0 unspecified atom stereocenters. The zero-order valence-electron chi connectivity index (χ0n) is 11.0. The van der Waals surface area contributed by atoms with Crippen molar-refractivity contribution in [2.75, 3.05) is 6.54 Å². The number of hydrogen-bond donors (Lipinski definition) is 0. The van der Waals surface area contributed by atoms with E-state index in [2.05, 4.69) is 6.58 Å². The summed E-state index contributed by atoms with van der Waals surface area (Å²) in [6.07, 6.45) is -0.0416.